The van der Waals surface area contributed by atoms with Gasteiger partial charge in [-0.3, -0.25) is 4.79 Å². The zero-order chi connectivity index (χ0) is 14.3. The lowest BCUT2D eigenvalue weighted by Crippen LogP contribution is -2.50. The van der Waals surface area contributed by atoms with Crippen molar-refractivity contribution < 1.29 is 14.6 Å². The SMILES string of the molecule is COCC(C)(CCO)NC(=O)Cc1cccc(Cl)c1. The third-order valence-corrected chi connectivity index (χ3v) is 3.06. The zero-order valence-electron chi connectivity index (χ0n) is 11.3. The van der Waals surface area contributed by atoms with Crippen LogP contribution in [-0.4, -0.2) is 36.9 Å². The van der Waals surface area contributed by atoms with E-state index in [0.29, 0.717) is 18.1 Å². The van der Waals surface area contributed by atoms with Crippen molar-refractivity contribution in [3.63, 3.8) is 0 Å². The highest BCUT2D eigenvalue weighted by Gasteiger charge is 2.25. The van der Waals surface area contributed by atoms with E-state index < -0.39 is 5.54 Å². The van der Waals surface area contributed by atoms with Crippen molar-refractivity contribution in [2.75, 3.05) is 20.3 Å². The number of methoxy groups -OCH3 is 1. The van der Waals surface area contributed by atoms with Crippen LogP contribution in [0.1, 0.15) is 18.9 Å². The van der Waals surface area contributed by atoms with Gasteiger partial charge in [-0.2, -0.15) is 0 Å². The van der Waals surface area contributed by atoms with Gasteiger partial charge in [0.1, 0.15) is 0 Å². The van der Waals surface area contributed by atoms with E-state index >= 15 is 0 Å². The Morgan fingerprint density at radius 3 is 2.84 bits per heavy atom. The lowest BCUT2D eigenvalue weighted by Gasteiger charge is -2.29. The van der Waals surface area contributed by atoms with Crippen LogP contribution in [-0.2, 0) is 16.0 Å². The molecule has 0 heterocycles. The second-order valence-corrected chi connectivity index (χ2v) is 5.26. The summed E-state index contributed by atoms with van der Waals surface area (Å²) >= 11 is 5.88. The van der Waals surface area contributed by atoms with Crippen LogP contribution < -0.4 is 5.32 Å². The largest absolute Gasteiger partial charge is 0.396 e. The number of aliphatic hydroxyl groups excluding tert-OH is 1. The van der Waals surface area contributed by atoms with Crippen LogP contribution >= 0.6 is 11.6 Å². The monoisotopic (exact) mass is 285 g/mol. The molecule has 0 aliphatic carbocycles. The normalized spacial score (nSPS) is 13.9. The van der Waals surface area contributed by atoms with Gasteiger partial charge in [-0.25, -0.2) is 0 Å². The molecule has 0 fully saturated rings. The Morgan fingerprint density at radius 2 is 2.26 bits per heavy atom. The molecule has 0 spiro atoms. The molecule has 0 radical (unpaired) electrons. The fourth-order valence-corrected chi connectivity index (χ4v) is 2.16. The summed E-state index contributed by atoms with van der Waals surface area (Å²) in [7, 11) is 1.57. The van der Waals surface area contributed by atoms with Crippen molar-refractivity contribution >= 4 is 17.5 Å². The van der Waals surface area contributed by atoms with Crippen LogP contribution in [0.25, 0.3) is 0 Å². The highest BCUT2D eigenvalue weighted by Crippen LogP contribution is 2.13. The van der Waals surface area contributed by atoms with Gasteiger partial charge in [0.05, 0.1) is 18.6 Å². The standard InChI is InChI=1S/C14H20ClNO3/c1-14(6-7-17,10-19-2)16-13(18)9-11-4-3-5-12(15)8-11/h3-5,8,17H,6-7,9-10H2,1-2H3,(H,16,18). The fourth-order valence-electron chi connectivity index (χ4n) is 1.95. The number of halogens is 1. The molecule has 1 aromatic carbocycles. The van der Waals surface area contributed by atoms with Crippen LogP contribution in [0.3, 0.4) is 0 Å². The van der Waals surface area contributed by atoms with E-state index in [2.05, 4.69) is 5.32 Å². The first-order valence-electron chi connectivity index (χ1n) is 6.14. The van der Waals surface area contributed by atoms with E-state index in [-0.39, 0.29) is 18.9 Å². The topological polar surface area (TPSA) is 58.6 Å². The number of aliphatic hydroxyl groups is 1. The molecule has 0 saturated carbocycles. The second-order valence-electron chi connectivity index (χ2n) is 4.82. The predicted molar refractivity (Wildman–Crippen MR) is 75.3 cm³/mol. The molecule has 1 rings (SSSR count). The third-order valence-electron chi connectivity index (χ3n) is 2.82. The van der Waals surface area contributed by atoms with Crippen molar-refractivity contribution in [3.8, 4) is 0 Å². The number of carbonyl (C=O) groups excluding carboxylic acids is 1. The Balaban J connectivity index is 2.62. The van der Waals surface area contributed by atoms with E-state index in [0.717, 1.165) is 5.56 Å². The number of benzene rings is 1. The number of amides is 1. The van der Waals surface area contributed by atoms with E-state index in [9.17, 15) is 4.79 Å². The second kappa shape index (κ2) is 7.48. The summed E-state index contributed by atoms with van der Waals surface area (Å²) < 4.78 is 5.08. The zero-order valence-corrected chi connectivity index (χ0v) is 12.0. The number of ether oxygens (including phenoxy) is 1. The van der Waals surface area contributed by atoms with Crippen molar-refractivity contribution in [1.82, 2.24) is 5.32 Å². The smallest absolute Gasteiger partial charge is 0.224 e. The first kappa shape index (κ1) is 16.0. The van der Waals surface area contributed by atoms with E-state index in [4.69, 9.17) is 21.4 Å². The lowest BCUT2D eigenvalue weighted by atomic mass is 9.98. The van der Waals surface area contributed by atoms with Crippen LogP contribution in [0, 0.1) is 0 Å². The van der Waals surface area contributed by atoms with Gasteiger partial charge in [0, 0.05) is 18.7 Å². The maximum absolute atomic E-state index is 12.0. The van der Waals surface area contributed by atoms with Crippen LogP contribution in [0.4, 0.5) is 0 Å². The van der Waals surface area contributed by atoms with Gasteiger partial charge in [0.2, 0.25) is 5.91 Å². The number of rotatable bonds is 7. The summed E-state index contributed by atoms with van der Waals surface area (Å²) in [6.07, 6.45) is 0.702. The molecule has 19 heavy (non-hydrogen) atoms. The van der Waals surface area contributed by atoms with Crippen LogP contribution in [0.5, 0.6) is 0 Å². The Hall–Kier alpha value is -1.10. The summed E-state index contributed by atoms with van der Waals surface area (Å²) in [5, 5.41) is 12.6. The Labute approximate surface area is 118 Å². The first-order chi connectivity index (χ1) is 8.99. The molecule has 0 aliphatic rings. The Kier molecular flexibility index (Phi) is 6.28. The van der Waals surface area contributed by atoms with E-state index in [1.807, 2.05) is 19.1 Å². The summed E-state index contributed by atoms with van der Waals surface area (Å²) in [4.78, 5) is 12.0. The van der Waals surface area contributed by atoms with Crippen LogP contribution in [0.15, 0.2) is 24.3 Å². The Morgan fingerprint density at radius 1 is 1.53 bits per heavy atom. The van der Waals surface area contributed by atoms with Crippen molar-refractivity contribution in [2.24, 2.45) is 0 Å². The van der Waals surface area contributed by atoms with Gasteiger partial charge in [0.15, 0.2) is 0 Å². The molecule has 5 heteroatoms. The van der Waals surface area contributed by atoms with Gasteiger partial charge in [-0.05, 0) is 31.0 Å². The maximum atomic E-state index is 12.0. The van der Waals surface area contributed by atoms with E-state index in [1.165, 1.54) is 0 Å². The molecule has 1 atom stereocenters. The molecule has 1 amide bonds. The Bertz CT molecular complexity index is 417. The highest BCUT2D eigenvalue weighted by atomic mass is 35.5. The maximum Gasteiger partial charge on any atom is 0.224 e. The molecule has 106 valence electrons. The number of carbonyl (C=O) groups is 1. The molecule has 2 N–H and O–H groups in total. The fraction of sp³-hybridized carbons (Fsp3) is 0.500. The average Bonchev–Trinajstić information content (AvgIpc) is 2.28. The molecule has 0 aromatic heterocycles. The summed E-state index contributed by atoms with van der Waals surface area (Å²) in [5.41, 5.74) is 0.299. The molecule has 0 aliphatic heterocycles. The molecule has 4 nitrogen and oxygen atoms in total. The minimum absolute atomic E-state index is 0.00267. The van der Waals surface area contributed by atoms with Crippen molar-refractivity contribution in [2.45, 2.75) is 25.3 Å². The molecule has 0 bridgehead atoms. The molecule has 1 aromatic rings. The minimum atomic E-state index is -0.556. The molecule has 1 unspecified atom stereocenters. The summed E-state index contributed by atoms with van der Waals surface area (Å²) in [5.74, 6) is -0.115. The van der Waals surface area contributed by atoms with Gasteiger partial charge in [0.25, 0.3) is 0 Å². The number of nitrogens with one attached hydrogen (secondary N) is 1. The van der Waals surface area contributed by atoms with Gasteiger partial charge in [-0.1, -0.05) is 23.7 Å². The average molecular weight is 286 g/mol. The van der Waals surface area contributed by atoms with Gasteiger partial charge >= 0.3 is 0 Å². The molecular formula is C14H20ClNO3. The van der Waals surface area contributed by atoms with Crippen LogP contribution in [0.2, 0.25) is 5.02 Å². The minimum Gasteiger partial charge on any atom is -0.396 e. The number of hydrogen-bond donors (Lipinski definition) is 2. The van der Waals surface area contributed by atoms with Gasteiger partial charge < -0.3 is 15.2 Å². The summed E-state index contributed by atoms with van der Waals surface area (Å²) in [6.45, 7) is 2.20. The first-order valence-corrected chi connectivity index (χ1v) is 6.52. The van der Waals surface area contributed by atoms with Crippen molar-refractivity contribution in [1.29, 1.82) is 0 Å². The quantitative estimate of drug-likeness (QED) is 0.803. The molecular weight excluding hydrogens is 266 g/mol. The van der Waals surface area contributed by atoms with Gasteiger partial charge in [-0.15, -0.1) is 0 Å². The highest BCUT2D eigenvalue weighted by molar-refractivity contribution is 6.30. The van der Waals surface area contributed by atoms with E-state index in [1.54, 1.807) is 19.2 Å². The lowest BCUT2D eigenvalue weighted by molar-refractivity contribution is -0.123. The molecule has 0 saturated heterocycles. The third kappa shape index (κ3) is 5.59. The number of hydrogen-bond acceptors (Lipinski definition) is 3. The predicted octanol–water partition coefficient (Wildman–Crippen LogP) is 1.79. The summed E-state index contributed by atoms with van der Waals surface area (Å²) in [6, 6.07) is 7.20. The van der Waals surface area contributed by atoms with Crippen molar-refractivity contribution in [3.05, 3.63) is 34.9 Å².